The van der Waals surface area contributed by atoms with Crippen molar-refractivity contribution in [1.82, 2.24) is 5.32 Å². The highest BCUT2D eigenvalue weighted by molar-refractivity contribution is 5.20. The highest BCUT2D eigenvalue weighted by atomic mass is 14.9. The molecule has 1 aromatic carbocycles. The predicted molar refractivity (Wildman–Crippen MR) is 67.5 cm³/mol. The van der Waals surface area contributed by atoms with Crippen molar-refractivity contribution in [3.05, 3.63) is 35.9 Å². The van der Waals surface area contributed by atoms with Gasteiger partial charge in [0.15, 0.2) is 0 Å². The largest absolute Gasteiger partial charge is 0.314 e. The van der Waals surface area contributed by atoms with E-state index in [0.717, 1.165) is 17.9 Å². The lowest BCUT2D eigenvalue weighted by molar-refractivity contribution is 0.194. The van der Waals surface area contributed by atoms with E-state index >= 15 is 0 Å². The summed E-state index contributed by atoms with van der Waals surface area (Å²) in [7, 11) is 0. The molecule has 2 fully saturated rings. The lowest BCUT2D eigenvalue weighted by atomic mass is 9.72. The number of nitrogens with one attached hydrogen (secondary N) is 1. The van der Waals surface area contributed by atoms with Gasteiger partial charge in [-0.25, -0.2) is 0 Å². The molecule has 1 saturated heterocycles. The van der Waals surface area contributed by atoms with Gasteiger partial charge in [-0.15, -0.1) is 0 Å². The van der Waals surface area contributed by atoms with Gasteiger partial charge in [-0.2, -0.15) is 0 Å². The van der Waals surface area contributed by atoms with Crippen LogP contribution in [0.15, 0.2) is 30.3 Å². The van der Waals surface area contributed by atoms with Gasteiger partial charge in [0, 0.05) is 6.04 Å². The van der Waals surface area contributed by atoms with E-state index in [-0.39, 0.29) is 0 Å². The molecule has 1 N–H and O–H groups in total. The first-order valence-electron chi connectivity index (χ1n) is 6.72. The molecule has 1 heterocycles. The molecule has 0 radical (unpaired) electrons. The molecule has 3 rings (SSSR count). The highest BCUT2D eigenvalue weighted by Crippen LogP contribution is 2.39. The molecule has 2 aliphatic rings. The van der Waals surface area contributed by atoms with Crippen molar-refractivity contribution in [2.24, 2.45) is 5.92 Å². The van der Waals surface area contributed by atoms with Gasteiger partial charge in [-0.3, -0.25) is 0 Å². The zero-order chi connectivity index (χ0) is 10.8. The molecule has 3 unspecified atom stereocenters. The van der Waals surface area contributed by atoms with Crippen molar-refractivity contribution in [2.45, 2.75) is 44.1 Å². The van der Waals surface area contributed by atoms with Crippen molar-refractivity contribution in [1.29, 1.82) is 0 Å². The molecule has 3 atom stereocenters. The minimum Gasteiger partial charge on any atom is -0.314 e. The summed E-state index contributed by atoms with van der Waals surface area (Å²) in [5.74, 6) is 1.76. The summed E-state index contributed by atoms with van der Waals surface area (Å²) in [5.41, 5.74) is 1.56. The van der Waals surface area contributed by atoms with Gasteiger partial charge in [0.2, 0.25) is 0 Å². The second-order valence-electron chi connectivity index (χ2n) is 5.38. The van der Waals surface area contributed by atoms with Crippen molar-refractivity contribution in [3.8, 4) is 0 Å². The van der Waals surface area contributed by atoms with Crippen molar-refractivity contribution >= 4 is 0 Å². The summed E-state index contributed by atoms with van der Waals surface area (Å²) in [6, 6.07) is 11.9. The number of rotatable bonds is 1. The van der Waals surface area contributed by atoms with Gasteiger partial charge in [-0.05, 0) is 56.0 Å². The van der Waals surface area contributed by atoms with Crippen LogP contribution in [0.2, 0.25) is 0 Å². The Bertz CT molecular complexity index is 333. The van der Waals surface area contributed by atoms with Crippen LogP contribution in [0.3, 0.4) is 0 Å². The van der Waals surface area contributed by atoms with Crippen LogP contribution in [0, 0.1) is 5.92 Å². The molecule has 0 bridgehead atoms. The Morgan fingerprint density at radius 2 is 1.88 bits per heavy atom. The average molecular weight is 215 g/mol. The third kappa shape index (κ3) is 2.01. The summed E-state index contributed by atoms with van der Waals surface area (Å²) in [6.45, 7) is 1.25. The SMILES string of the molecule is c1ccc(C2CCC3NCCCC3C2)cc1. The van der Waals surface area contributed by atoms with E-state index < -0.39 is 0 Å². The topological polar surface area (TPSA) is 12.0 Å². The Balaban J connectivity index is 1.71. The molecular weight excluding hydrogens is 194 g/mol. The maximum absolute atomic E-state index is 3.69. The second-order valence-corrected chi connectivity index (χ2v) is 5.38. The average Bonchev–Trinajstić information content (AvgIpc) is 2.39. The summed E-state index contributed by atoms with van der Waals surface area (Å²) in [5, 5.41) is 3.69. The van der Waals surface area contributed by atoms with Gasteiger partial charge in [0.1, 0.15) is 0 Å². The fraction of sp³-hybridized carbons (Fsp3) is 0.600. The van der Waals surface area contributed by atoms with Gasteiger partial charge in [0.05, 0.1) is 0 Å². The smallest absolute Gasteiger partial charge is 0.00957 e. The van der Waals surface area contributed by atoms with Crippen LogP contribution in [0.25, 0.3) is 0 Å². The van der Waals surface area contributed by atoms with Crippen molar-refractivity contribution in [3.63, 3.8) is 0 Å². The standard InChI is InChI=1S/C15H21N/c1-2-5-12(6-3-1)13-8-9-15-14(11-13)7-4-10-16-15/h1-3,5-6,13-16H,4,7-11H2. The van der Waals surface area contributed by atoms with Crippen LogP contribution >= 0.6 is 0 Å². The fourth-order valence-electron chi connectivity index (χ4n) is 3.53. The van der Waals surface area contributed by atoms with Gasteiger partial charge < -0.3 is 5.32 Å². The highest BCUT2D eigenvalue weighted by Gasteiger charge is 2.32. The quantitative estimate of drug-likeness (QED) is 0.757. The molecule has 1 nitrogen and oxygen atoms in total. The zero-order valence-electron chi connectivity index (χ0n) is 9.86. The molecule has 16 heavy (non-hydrogen) atoms. The molecule has 1 aliphatic carbocycles. The monoisotopic (exact) mass is 215 g/mol. The van der Waals surface area contributed by atoms with Crippen LogP contribution < -0.4 is 5.32 Å². The number of benzene rings is 1. The molecular formula is C15H21N. The maximum Gasteiger partial charge on any atom is 0.00957 e. The molecule has 1 aliphatic heterocycles. The molecule has 86 valence electrons. The Morgan fingerprint density at radius 1 is 1.00 bits per heavy atom. The van der Waals surface area contributed by atoms with Crippen molar-refractivity contribution in [2.75, 3.05) is 6.54 Å². The molecule has 1 aromatic rings. The van der Waals surface area contributed by atoms with Crippen LogP contribution in [0.5, 0.6) is 0 Å². The van der Waals surface area contributed by atoms with Crippen LogP contribution in [-0.2, 0) is 0 Å². The third-order valence-electron chi connectivity index (χ3n) is 4.41. The van der Waals surface area contributed by atoms with Gasteiger partial charge in [-0.1, -0.05) is 30.3 Å². The van der Waals surface area contributed by atoms with Gasteiger partial charge in [0.25, 0.3) is 0 Å². The Hall–Kier alpha value is -0.820. The number of hydrogen-bond acceptors (Lipinski definition) is 1. The normalized spacial score (nSPS) is 34.4. The van der Waals surface area contributed by atoms with Crippen LogP contribution in [0.4, 0.5) is 0 Å². The van der Waals surface area contributed by atoms with E-state index in [9.17, 15) is 0 Å². The van der Waals surface area contributed by atoms with Crippen molar-refractivity contribution < 1.29 is 0 Å². The third-order valence-corrected chi connectivity index (χ3v) is 4.41. The Kier molecular flexibility index (Phi) is 2.96. The summed E-state index contributed by atoms with van der Waals surface area (Å²) < 4.78 is 0. The Morgan fingerprint density at radius 3 is 2.75 bits per heavy atom. The molecule has 0 amide bonds. The van der Waals surface area contributed by atoms with E-state index in [1.165, 1.54) is 38.6 Å². The van der Waals surface area contributed by atoms with E-state index in [1.807, 2.05) is 0 Å². The molecule has 0 spiro atoms. The predicted octanol–water partition coefficient (Wildman–Crippen LogP) is 3.32. The molecule has 0 aromatic heterocycles. The number of fused-ring (bicyclic) bond motifs is 1. The van der Waals surface area contributed by atoms with E-state index in [4.69, 9.17) is 0 Å². The van der Waals surface area contributed by atoms with Crippen LogP contribution in [-0.4, -0.2) is 12.6 Å². The molecule has 1 heteroatoms. The van der Waals surface area contributed by atoms with Gasteiger partial charge >= 0.3 is 0 Å². The lowest BCUT2D eigenvalue weighted by Crippen LogP contribution is -2.44. The molecule has 1 saturated carbocycles. The number of hydrogen-bond donors (Lipinski definition) is 1. The first kappa shape index (κ1) is 10.3. The minimum atomic E-state index is 0.822. The van der Waals surface area contributed by atoms with E-state index in [0.29, 0.717) is 0 Å². The fourth-order valence-corrected chi connectivity index (χ4v) is 3.53. The minimum absolute atomic E-state index is 0.822. The second kappa shape index (κ2) is 4.58. The zero-order valence-corrected chi connectivity index (χ0v) is 9.86. The Labute approximate surface area is 98.3 Å². The first-order valence-corrected chi connectivity index (χ1v) is 6.72. The van der Waals surface area contributed by atoms with Crippen LogP contribution in [0.1, 0.15) is 43.6 Å². The van der Waals surface area contributed by atoms with E-state index in [1.54, 1.807) is 5.56 Å². The summed E-state index contributed by atoms with van der Waals surface area (Å²) in [6.07, 6.45) is 6.98. The first-order chi connectivity index (χ1) is 7.93. The maximum atomic E-state index is 3.69. The van der Waals surface area contributed by atoms with E-state index in [2.05, 4.69) is 35.6 Å². The summed E-state index contributed by atoms with van der Waals surface area (Å²) >= 11 is 0. The summed E-state index contributed by atoms with van der Waals surface area (Å²) in [4.78, 5) is 0. The lowest BCUT2D eigenvalue weighted by Gasteiger charge is -2.40. The number of piperidine rings is 1.